The zero-order chi connectivity index (χ0) is 20.8. The SMILES string of the molecule is COc1ccc(C(C)C)cc1S(=O)(=O)N1CCCC(c2nc(C)n3ccsc23)C1. The van der Waals surface area contributed by atoms with Gasteiger partial charge in [0.25, 0.3) is 0 Å². The summed E-state index contributed by atoms with van der Waals surface area (Å²) >= 11 is 1.66. The molecular formula is C21H27N3O3S2. The number of thiazole rings is 1. The average Bonchev–Trinajstić information content (AvgIpc) is 3.31. The molecule has 29 heavy (non-hydrogen) atoms. The van der Waals surface area contributed by atoms with E-state index in [-0.39, 0.29) is 16.7 Å². The zero-order valence-electron chi connectivity index (χ0n) is 17.3. The first-order valence-corrected chi connectivity index (χ1v) is 12.2. The molecule has 1 atom stereocenters. The van der Waals surface area contributed by atoms with E-state index in [0.717, 1.165) is 34.8 Å². The van der Waals surface area contributed by atoms with Crippen molar-refractivity contribution in [3.63, 3.8) is 0 Å². The third kappa shape index (κ3) is 3.58. The summed E-state index contributed by atoms with van der Waals surface area (Å²) in [4.78, 5) is 6.14. The number of aryl methyl sites for hydroxylation is 1. The maximum Gasteiger partial charge on any atom is 0.246 e. The van der Waals surface area contributed by atoms with Crippen LogP contribution in [0.3, 0.4) is 0 Å². The number of hydrogen-bond donors (Lipinski definition) is 0. The number of aromatic nitrogens is 2. The number of ether oxygens (including phenoxy) is 1. The smallest absolute Gasteiger partial charge is 0.246 e. The summed E-state index contributed by atoms with van der Waals surface area (Å²) in [6.07, 6.45) is 3.78. The Balaban J connectivity index is 1.69. The molecular weight excluding hydrogens is 406 g/mol. The summed E-state index contributed by atoms with van der Waals surface area (Å²) < 4.78 is 36.2. The highest BCUT2D eigenvalue weighted by molar-refractivity contribution is 7.89. The van der Waals surface area contributed by atoms with Crippen LogP contribution in [0.15, 0.2) is 34.7 Å². The molecule has 8 heteroatoms. The first kappa shape index (κ1) is 20.4. The number of methoxy groups -OCH3 is 1. The van der Waals surface area contributed by atoms with Crippen LogP contribution in [0.5, 0.6) is 5.75 Å². The van der Waals surface area contributed by atoms with E-state index < -0.39 is 10.0 Å². The van der Waals surface area contributed by atoms with E-state index >= 15 is 0 Å². The van der Waals surface area contributed by atoms with Gasteiger partial charge in [0.05, 0.1) is 12.8 Å². The van der Waals surface area contributed by atoms with Gasteiger partial charge in [0.15, 0.2) is 0 Å². The highest BCUT2D eigenvalue weighted by Gasteiger charge is 2.34. The molecule has 3 heterocycles. The lowest BCUT2D eigenvalue weighted by molar-refractivity contribution is 0.312. The number of sulfonamides is 1. The minimum atomic E-state index is -3.66. The molecule has 0 bridgehead atoms. The summed E-state index contributed by atoms with van der Waals surface area (Å²) in [6, 6.07) is 5.46. The molecule has 1 unspecified atom stereocenters. The fourth-order valence-electron chi connectivity index (χ4n) is 4.04. The number of rotatable bonds is 5. The van der Waals surface area contributed by atoms with Gasteiger partial charge in [-0.2, -0.15) is 4.31 Å². The molecule has 6 nitrogen and oxygen atoms in total. The molecule has 4 rings (SSSR count). The summed E-state index contributed by atoms with van der Waals surface area (Å²) in [5, 5.41) is 2.05. The molecule has 1 aliphatic rings. The molecule has 0 saturated carbocycles. The molecule has 3 aromatic rings. The lowest BCUT2D eigenvalue weighted by Crippen LogP contribution is -2.39. The molecule has 0 spiro atoms. The maximum atomic E-state index is 13.6. The van der Waals surface area contributed by atoms with Crippen LogP contribution in [0.2, 0.25) is 0 Å². The predicted octanol–water partition coefficient (Wildman–Crippen LogP) is 4.40. The number of benzene rings is 1. The first-order chi connectivity index (χ1) is 13.8. The van der Waals surface area contributed by atoms with Gasteiger partial charge in [0.1, 0.15) is 21.3 Å². The molecule has 0 N–H and O–H groups in total. The first-order valence-electron chi connectivity index (χ1n) is 9.93. The van der Waals surface area contributed by atoms with Crippen LogP contribution in [0.1, 0.15) is 55.6 Å². The highest BCUT2D eigenvalue weighted by Crippen LogP contribution is 2.36. The highest BCUT2D eigenvalue weighted by atomic mass is 32.2. The Bertz CT molecular complexity index is 1130. The van der Waals surface area contributed by atoms with Gasteiger partial charge < -0.3 is 4.74 Å². The van der Waals surface area contributed by atoms with Gasteiger partial charge in [-0.1, -0.05) is 19.9 Å². The largest absolute Gasteiger partial charge is 0.495 e. The Labute approximate surface area is 176 Å². The van der Waals surface area contributed by atoms with E-state index in [9.17, 15) is 8.42 Å². The van der Waals surface area contributed by atoms with Crippen molar-refractivity contribution in [1.29, 1.82) is 0 Å². The molecule has 0 amide bonds. The van der Waals surface area contributed by atoms with Crippen molar-refractivity contribution < 1.29 is 13.2 Å². The van der Waals surface area contributed by atoms with Crippen molar-refractivity contribution in [3.05, 3.63) is 46.9 Å². The van der Waals surface area contributed by atoms with Crippen molar-refractivity contribution in [2.45, 2.75) is 50.3 Å². The number of fused-ring (bicyclic) bond motifs is 1. The normalized spacial score (nSPS) is 18.6. The standard InChI is InChI=1S/C21H27N3O3S2/c1-14(2)16-7-8-18(27-4)19(12-16)29(25,26)23-9-5-6-17(13-23)20-21-24(10-11-28-21)15(3)22-20/h7-8,10-12,14,17H,5-6,9,13H2,1-4H3. The van der Waals surface area contributed by atoms with E-state index in [1.165, 1.54) is 7.11 Å². The lowest BCUT2D eigenvalue weighted by atomic mass is 9.97. The Morgan fingerprint density at radius 3 is 2.83 bits per heavy atom. The minimum Gasteiger partial charge on any atom is -0.495 e. The van der Waals surface area contributed by atoms with Gasteiger partial charge in [0.2, 0.25) is 10.0 Å². The van der Waals surface area contributed by atoms with Crippen molar-refractivity contribution in [1.82, 2.24) is 13.7 Å². The molecule has 2 aromatic heterocycles. The molecule has 1 aliphatic heterocycles. The summed E-state index contributed by atoms with van der Waals surface area (Å²) in [6.45, 7) is 7.07. The number of piperidine rings is 1. The lowest BCUT2D eigenvalue weighted by Gasteiger charge is -2.31. The van der Waals surface area contributed by atoms with Gasteiger partial charge in [-0.05, 0) is 43.4 Å². The van der Waals surface area contributed by atoms with Gasteiger partial charge in [0, 0.05) is 30.6 Å². The molecule has 0 radical (unpaired) electrons. The fraction of sp³-hybridized carbons (Fsp3) is 0.476. The van der Waals surface area contributed by atoms with E-state index in [4.69, 9.17) is 9.72 Å². The fourth-order valence-corrected chi connectivity index (χ4v) is 6.70. The predicted molar refractivity (Wildman–Crippen MR) is 116 cm³/mol. The van der Waals surface area contributed by atoms with Crippen LogP contribution in [0, 0.1) is 6.92 Å². The van der Waals surface area contributed by atoms with Crippen LogP contribution in [-0.2, 0) is 10.0 Å². The van der Waals surface area contributed by atoms with Crippen molar-refractivity contribution in [3.8, 4) is 5.75 Å². The van der Waals surface area contributed by atoms with E-state index in [1.54, 1.807) is 27.8 Å². The maximum absolute atomic E-state index is 13.6. The van der Waals surface area contributed by atoms with E-state index in [0.29, 0.717) is 18.8 Å². The van der Waals surface area contributed by atoms with Crippen LogP contribution >= 0.6 is 11.3 Å². The Morgan fingerprint density at radius 1 is 1.31 bits per heavy atom. The van der Waals surface area contributed by atoms with Gasteiger partial charge in [-0.25, -0.2) is 13.4 Å². The Hall–Kier alpha value is -1.90. The second-order valence-electron chi connectivity index (χ2n) is 7.89. The van der Waals surface area contributed by atoms with E-state index in [1.807, 2.05) is 24.6 Å². The zero-order valence-corrected chi connectivity index (χ0v) is 18.9. The van der Waals surface area contributed by atoms with Crippen molar-refractivity contribution >= 4 is 26.2 Å². The minimum absolute atomic E-state index is 0.0974. The number of hydrogen-bond acceptors (Lipinski definition) is 5. The van der Waals surface area contributed by atoms with Gasteiger partial charge in [-0.15, -0.1) is 11.3 Å². The van der Waals surface area contributed by atoms with Crippen LogP contribution in [0.25, 0.3) is 4.83 Å². The Kier molecular flexibility index (Phi) is 5.44. The Morgan fingerprint density at radius 2 is 2.10 bits per heavy atom. The van der Waals surface area contributed by atoms with Gasteiger partial charge in [-0.3, -0.25) is 4.40 Å². The third-order valence-corrected chi connectivity index (χ3v) is 8.47. The van der Waals surface area contributed by atoms with Crippen LogP contribution in [-0.4, -0.2) is 42.3 Å². The second kappa shape index (κ2) is 7.74. The average molecular weight is 434 g/mol. The van der Waals surface area contributed by atoms with E-state index in [2.05, 4.69) is 18.2 Å². The summed E-state index contributed by atoms with van der Waals surface area (Å²) in [5.41, 5.74) is 2.00. The number of imidazole rings is 1. The monoisotopic (exact) mass is 433 g/mol. The molecule has 156 valence electrons. The van der Waals surface area contributed by atoms with Crippen molar-refractivity contribution in [2.75, 3.05) is 20.2 Å². The quantitative estimate of drug-likeness (QED) is 0.598. The molecule has 1 aromatic carbocycles. The number of nitrogens with zero attached hydrogens (tertiary/aromatic N) is 3. The molecule has 1 saturated heterocycles. The molecule has 1 fully saturated rings. The third-order valence-electron chi connectivity index (χ3n) is 5.70. The van der Waals surface area contributed by atoms with Crippen LogP contribution in [0.4, 0.5) is 0 Å². The van der Waals surface area contributed by atoms with Crippen LogP contribution < -0.4 is 4.74 Å². The van der Waals surface area contributed by atoms with Gasteiger partial charge >= 0.3 is 0 Å². The topological polar surface area (TPSA) is 63.9 Å². The summed E-state index contributed by atoms with van der Waals surface area (Å²) in [7, 11) is -2.14. The summed E-state index contributed by atoms with van der Waals surface area (Å²) in [5.74, 6) is 1.68. The molecule has 0 aliphatic carbocycles. The van der Waals surface area contributed by atoms with Crippen molar-refractivity contribution in [2.24, 2.45) is 0 Å². The second-order valence-corrected chi connectivity index (χ2v) is 10.7.